The largest absolute Gasteiger partial charge is 0.497 e. The summed E-state index contributed by atoms with van der Waals surface area (Å²) in [5.74, 6) is 0.553. The van der Waals surface area contributed by atoms with Crippen molar-refractivity contribution in [3.63, 3.8) is 0 Å². The number of pyridine rings is 1. The third-order valence-corrected chi connectivity index (χ3v) is 7.45. The molecule has 1 amide bonds. The van der Waals surface area contributed by atoms with Crippen LogP contribution in [0.2, 0.25) is 0 Å². The molecule has 2 aromatic heterocycles. The SMILES string of the molecule is CCc1cccc(C)c1NC(=O)c1sc2nc(-c3ccccc3)cc(-c3ccc(OC)cc3)c2c1N. The lowest BCUT2D eigenvalue weighted by Crippen LogP contribution is -2.14. The molecule has 180 valence electrons. The molecule has 3 N–H and O–H groups in total. The number of fused-ring (bicyclic) bond motifs is 1. The van der Waals surface area contributed by atoms with Crippen molar-refractivity contribution in [2.75, 3.05) is 18.2 Å². The molecule has 0 radical (unpaired) electrons. The topological polar surface area (TPSA) is 77.2 Å². The second-order valence-electron chi connectivity index (χ2n) is 8.59. The van der Waals surface area contributed by atoms with E-state index in [9.17, 15) is 4.79 Å². The number of rotatable bonds is 6. The first-order chi connectivity index (χ1) is 17.5. The van der Waals surface area contributed by atoms with Crippen LogP contribution in [0.15, 0.2) is 78.9 Å². The molecule has 3 aromatic carbocycles. The van der Waals surface area contributed by atoms with Crippen molar-refractivity contribution in [3.8, 4) is 28.1 Å². The highest BCUT2D eigenvalue weighted by molar-refractivity contribution is 7.21. The number of hydrogen-bond donors (Lipinski definition) is 2. The molecule has 0 spiro atoms. The molecular weight excluding hydrogens is 466 g/mol. The lowest BCUT2D eigenvalue weighted by Gasteiger charge is -2.12. The molecule has 0 aliphatic carbocycles. The van der Waals surface area contributed by atoms with E-state index in [0.29, 0.717) is 10.6 Å². The molecule has 36 heavy (non-hydrogen) atoms. The summed E-state index contributed by atoms with van der Waals surface area (Å²) in [6, 6.07) is 25.9. The monoisotopic (exact) mass is 493 g/mol. The predicted molar refractivity (Wildman–Crippen MR) is 150 cm³/mol. The van der Waals surface area contributed by atoms with E-state index in [4.69, 9.17) is 15.5 Å². The first-order valence-corrected chi connectivity index (χ1v) is 12.6. The fraction of sp³-hybridized carbons (Fsp3) is 0.133. The Kier molecular flexibility index (Phi) is 6.44. The molecule has 0 saturated carbocycles. The van der Waals surface area contributed by atoms with Gasteiger partial charge in [0, 0.05) is 16.6 Å². The third-order valence-electron chi connectivity index (χ3n) is 6.35. The van der Waals surface area contributed by atoms with Crippen molar-refractivity contribution in [2.24, 2.45) is 0 Å². The molecule has 0 aliphatic rings. The number of thiophene rings is 1. The van der Waals surface area contributed by atoms with Gasteiger partial charge in [0.15, 0.2) is 0 Å². The zero-order valence-electron chi connectivity index (χ0n) is 20.5. The number of carbonyl (C=O) groups excluding carboxylic acids is 1. The first kappa shape index (κ1) is 23.6. The van der Waals surface area contributed by atoms with Gasteiger partial charge in [0.1, 0.15) is 15.5 Å². The number of anilines is 2. The number of nitrogens with two attached hydrogens (primary N) is 1. The van der Waals surface area contributed by atoms with E-state index in [0.717, 1.165) is 61.6 Å². The number of aromatic nitrogens is 1. The van der Waals surface area contributed by atoms with Crippen LogP contribution < -0.4 is 15.8 Å². The summed E-state index contributed by atoms with van der Waals surface area (Å²) in [5.41, 5.74) is 13.8. The normalized spacial score (nSPS) is 11.0. The molecule has 0 unspecified atom stereocenters. The number of amides is 1. The van der Waals surface area contributed by atoms with Gasteiger partial charge in [-0.25, -0.2) is 4.98 Å². The van der Waals surface area contributed by atoms with Crippen LogP contribution in [0.5, 0.6) is 5.75 Å². The number of ether oxygens (including phenoxy) is 1. The van der Waals surface area contributed by atoms with Crippen molar-refractivity contribution in [2.45, 2.75) is 20.3 Å². The van der Waals surface area contributed by atoms with Gasteiger partial charge in [0.05, 0.1) is 18.5 Å². The molecule has 5 aromatic rings. The van der Waals surface area contributed by atoms with Gasteiger partial charge >= 0.3 is 0 Å². The van der Waals surface area contributed by atoms with Crippen LogP contribution in [0.25, 0.3) is 32.6 Å². The smallest absolute Gasteiger partial charge is 0.267 e. The standard InChI is InChI=1S/C30H27N3O2S/c1-4-19-12-8-9-18(2)27(19)33-29(34)28-26(31)25-23(20-13-15-22(35-3)16-14-20)17-24(32-30(25)36-28)21-10-6-5-7-11-21/h5-17H,4,31H2,1-3H3,(H,33,34). The van der Waals surface area contributed by atoms with Crippen LogP contribution in [-0.2, 0) is 6.42 Å². The highest BCUT2D eigenvalue weighted by Crippen LogP contribution is 2.42. The van der Waals surface area contributed by atoms with Gasteiger partial charge in [-0.1, -0.05) is 67.6 Å². The molecule has 0 atom stereocenters. The molecule has 2 heterocycles. The van der Waals surface area contributed by atoms with Crippen LogP contribution in [-0.4, -0.2) is 18.0 Å². The van der Waals surface area contributed by atoms with Crippen molar-refractivity contribution in [1.29, 1.82) is 0 Å². The van der Waals surface area contributed by atoms with Crippen LogP contribution in [0, 0.1) is 6.92 Å². The number of benzene rings is 3. The minimum absolute atomic E-state index is 0.221. The van der Waals surface area contributed by atoms with E-state index < -0.39 is 0 Å². The van der Waals surface area contributed by atoms with Crippen molar-refractivity contribution >= 4 is 38.8 Å². The summed E-state index contributed by atoms with van der Waals surface area (Å²) in [6.07, 6.45) is 0.822. The van der Waals surface area contributed by atoms with Gasteiger partial charge in [0.2, 0.25) is 0 Å². The first-order valence-electron chi connectivity index (χ1n) is 11.8. The minimum Gasteiger partial charge on any atom is -0.497 e. The number of aryl methyl sites for hydroxylation is 2. The number of nitrogens with zero attached hydrogens (tertiary/aromatic N) is 1. The molecule has 0 bridgehead atoms. The van der Waals surface area contributed by atoms with E-state index >= 15 is 0 Å². The maximum atomic E-state index is 13.5. The van der Waals surface area contributed by atoms with Crippen molar-refractivity contribution in [3.05, 3.63) is 94.9 Å². The molecule has 0 saturated heterocycles. The Labute approximate surface area is 214 Å². The Balaban J connectivity index is 1.67. The Morgan fingerprint density at radius 3 is 2.44 bits per heavy atom. The van der Waals surface area contributed by atoms with Gasteiger partial charge in [-0.15, -0.1) is 11.3 Å². The lowest BCUT2D eigenvalue weighted by molar-refractivity contribution is 0.103. The van der Waals surface area contributed by atoms with Gasteiger partial charge < -0.3 is 15.8 Å². The fourth-order valence-corrected chi connectivity index (χ4v) is 5.43. The summed E-state index contributed by atoms with van der Waals surface area (Å²) in [7, 11) is 1.65. The second-order valence-corrected chi connectivity index (χ2v) is 9.59. The summed E-state index contributed by atoms with van der Waals surface area (Å²) in [5, 5.41) is 3.90. The molecule has 6 heteroatoms. The van der Waals surface area contributed by atoms with E-state index in [2.05, 4.69) is 12.2 Å². The average molecular weight is 494 g/mol. The summed E-state index contributed by atoms with van der Waals surface area (Å²) in [4.78, 5) is 19.6. The quantitative estimate of drug-likeness (QED) is 0.259. The van der Waals surface area contributed by atoms with Crippen molar-refractivity contribution in [1.82, 2.24) is 4.98 Å². The predicted octanol–water partition coefficient (Wildman–Crippen LogP) is 7.34. The van der Waals surface area contributed by atoms with Crippen LogP contribution in [0.3, 0.4) is 0 Å². The van der Waals surface area contributed by atoms with Crippen molar-refractivity contribution < 1.29 is 9.53 Å². The van der Waals surface area contributed by atoms with Crippen LogP contribution in [0.4, 0.5) is 11.4 Å². The third kappa shape index (κ3) is 4.32. The average Bonchev–Trinajstić information content (AvgIpc) is 3.26. The van der Waals surface area contributed by atoms with Gasteiger partial charge in [-0.3, -0.25) is 4.79 Å². The van der Waals surface area contributed by atoms with Gasteiger partial charge in [0.25, 0.3) is 5.91 Å². The Bertz CT molecular complexity index is 1560. The number of para-hydroxylation sites is 1. The molecule has 5 rings (SSSR count). The molecular formula is C30H27N3O2S. The minimum atomic E-state index is -0.221. The second kappa shape index (κ2) is 9.84. The summed E-state index contributed by atoms with van der Waals surface area (Å²) < 4.78 is 5.34. The Hall–Kier alpha value is -4.16. The molecule has 0 aliphatic heterocycles. The number of hydrogen-bond acceptors (Lipinski definition) is 5. The fourth-order valence-electron chi connectivity index (χ4n) is 4.42. The summed E-state index contributed by atoms with van der Waals surface area (Å²) >= 11 is 1.32. The Morgan fingerprint density at radius 1 is 1.00 bits per heavy atom. The number of nitrogen functional groups attached to an aromatic ring is 1. The zero-order chi connectivity index (χ0) is 25.2. The van der Waals surface area contributed by atoms with E-state index in [1.54, 1.807) is 7.11 Å². The Morgan fingerprint density at radius 2 is 1.75 bits per heavy atom. The summed E-state index contributed by atoms with van der Waals surface area (Å²) in [6.45, 7) is 4.08. The lowest BCUT2D eigenvalue weighted by atomic mass is 9.99. The number of nitrogens with one attached hydrogen (secondary N) is 1. The van der Waals surface area contributed by atoms with Crippen LogP contribution >= 0.6 is 11.3 Å². The maximum Gasteiger partial charge on any atom is 0.267 e. The van der Waals surface area contributed by atoms with Gasteiger partial charge in [-0.2, -0.15) is 0 Å². The van der Waals surface area contributed by atoms with Crippen LogP contribution in [0.1, 0.15) is 27.7 Å². The number of methoxy groups -OCH3 is 1. The highest BCUT2D eigenvalue weighted by Gasteiger charge is 2.22. The molecule has 5 nitrogen and oxygen atoms in total. The van der Waals surface area contributed by atoms with E-state index in [1.165, 1.54) is 11.3 Å². The maximum absolute atomic E-state index is 13.5. The molecule has 0 fully saturated rings. The van der Waals surface area contributed by atoms with Gasteiger partial charge in [-0.05, 0) is 53.8 Å². The highest BCUT2D eigenvalue weighted by atomic mass is 32.1. The van der Waals surface area contributed by atoms with E-state index in [-0.39, 0.29) is 5.91 Å². The zero-order valence-corrected chi connectivity index (χ0v) is 21.3. The van der Waals surface area contributed by atoms with E-state index in [1.807, 2.05) is 85.8 Å². The number of carbonyl (C=O) groups is 1.